The minimum Gasteiger partial charge on any atom is -0.497 e. The van der Waals surface area contributed by atoms with Gasteiger partial charge in [0.05, 0.1) is 13.7 Å². The molecule has 1 heterocycles. The van der Waals surface area contributed by atoms with Gasteiger partial charge in [0, 0.05) is 6.07 Å². The number of benzene rings is 1. The van der Waals surface area contributed by atoms with Gasteiger partial charge in [0.15, 0.2) is 6.61 Å². The van der Waals surface area contributed by atoms with Crippen molar-refractivity contribution in [1.29, 1.82) is 0 Å². The van der Waals surface area contributed by atoms with Gasteiger partial charge in [-0.15, -0.1) is 0 Å². The Bertz CT molecular complexity index is 718. The lowest BCUT2D eigenvalue weighted by Crippen LogP contribution is -2.18. The minimum absolute atomic E-state index is 0.0590. The molecule has 0 saturated carbocycles. The molecule has 1 aromatic heterocycles. The van der Waals surface area contributed by atoms with Crippen LogP contribution in [0.5, 0.6) is 17.2 Å². The fourth-order valence-electron chi connectivity index (χ4n) is 1.79. The quantitative estimate of drug-likeness (QED) is 0.684. The number of carbonyl (C=O) groups is 1. The maximum atomic E-state index is 11.9. The molecule has 2 rings (SSSR count). The van der Waals surface area contributed by atoms with Crippen molar-refractivity contribution in [2.24, 2.45) is 0 Å². The van der Waals surface area contributed by atoms with Crippen LogP contribution in [-0.4, -0.2) is 26.3 Å². The van der Waals surface area contributed by atoms with Gasteiger partial charge in [-0.2, -0.15) is 0 Å². The average molecular weight is 334 g/mol. The number of methoxy groups -OCH3 is 1. The number of hydrogen-bond acceptors (Lipinski definition) is 7. The van der Waals surface area contributed by atoms with E-state index in [9.17, 15) is 9.59 Å². The van der Waals surface area contributed by atoms with E-state index >= 15 is 0 Å². The summed E-state index contributed by atoms with van der Waals surface area (Å²) in [6.07, 6.45) is 1.15. The van der Waals surface area contributed by atoms with Crippen LogP contribution in [0.4, 0.5) is 0 Å². The summed E-state index contributed by atoms with van der Waals surface area (Å²) in [5.74, 6) is 1.05. The summed E-state index contributed by atoms with van der Waals surface area (Å²) in [6.45, 7) is 1.67. The molecule has 0 aliphatic heterocycles. The third-order valence-corrected chi connectivity index (χ3v) is 2.94. The molecule has 128 valence electrons. The maximum Gasteiger partial charge on any atom is 0.344 e. The predicted molar refractivity (Wildman–Crippen MR) is 84.4 cm³/mol. The largest absolute Gasteiger partial charge is 0.497 e. The molecular weight excluding hydrogens is 316 g/mol. The van der Waals surface area contributed by atoms with E-state index in [4.69, 9.17) is 23.4 Å². The van der Waals surface area contributed by atoms with Crippen LogP contribution in [0.2, 0.25) is 0 Å². The Balaban J connectivity index is 1.91. The summed E-state index contributed by atoms with van der Waals surface area (Å²) in [5, 5.41) is 0. The van der Waals surface area contributed by atoms with Crippen molar-refractivity contribution in [3.8, 4) is 17.2 Å². The number of hydrogen-bond donors (Lipinski definition) is 0. The van der Waals surface area contributed by atoms with Gasteiger partial charge in [-0.05, 0) is 31.2 Å². The molecule has 0 N–H and O–H groups in total. The van der Waals surface area contributed by atoms with Gasteiger partial charge in [-0.3, -0.25) is 4.79 Å². The molecule has 24 heavy (non-hydrogen) atoms. The Hall–Kier alpha value is -2.96. The van der Waals surface area contributed by atoms with Gasteiger partial charge in [0.2, 0.25) is 11.2 Å². The van der Waals surface area contributed by atoms with Crippen molar-refractivity contribution in [2.75, 3.05) is 20.3 Å². The van der Waals surface area contributed by atoms with E-state index in [0.717, 1.165) is 12.0 Å². The van der Waals surface area contributed by atoms with Crippen LogP contribution in [0.25, 0.3) is 0 Å². The first-order chi connectivity index (χ1) is 11.6. The lowest BCUT2D eigenvalue weighted by Gasteiger charge is -2.07. The molecule has 0 aliphatic carbocycles. The molecule has 1 aromatic carbocycles. The molecule has 0 unspecified atom stereocenters. The third-order valence-electron chi connectivity index (χ3n) is 2.94. The summed E-state index contributed by atoms with van der Waals surface area (Å²) in [4.78, 5) is 23.1. The van der Waals surface area contributed by atoms with E-state index in [1.54, 1.807) is 38.3 Å². The normalized spacial score (nSPS) is 10.1. The minimum atomic E-state index is -0.552. The van der Waals surface area contributed by atoms with Crippen molar-refractivity contribution in [3.05, 3.63) is 52.6 Å². The van der Waals surface area contributed by atoms with E-state index in [0.29, 0.717) is 11.5 Å². The van der Waals surface area contributed by atoms with Crippen molar-refractivity contribution < 1.29 is 28.2 Å². The smallest absolute Gasteiger partial charge is 0.344 e. The average Bonchev–Trinajstić information content (AvgIpc) is 2.60. The van der Waals surface area contributed by atoms with Crippen LogP contribution in [0.15, 0.2) is 45.8 Å². The Morgan fingerprint density at radius 2 is 1.83 bits per heavy atom. The highest BCUT2D eigenvalue weighted by Crippen LogP contribution is 2.18. The van der Waals surface area contributed by atoms with Gasteiger partial charge in [0.25, 0.3) is 0 Å². The molecule has 0 amide bonds. The fourth-order valence-corrected chi connectivity index (χ4v) is 1.79. The molecule has 0 saturated heterocycles. The Morgan fingerprint density at radius 1 is 1.12 bits per heavy atom. The molecule has 0 fully saturated rings. The standard InChI is InChI=1S/C17H18O7/c1-3-21-17(19)11-24-16-10-23-14(8-15(16)18)9-22-13-6-4-12(20-2)5-7-13/h4-8,10H,3,9,11H2,1-2H3. The topological polar surface area (TPSA) is 84.2 Å². The maximum absolute atomic E-state index is 11.9. The number of rotatable bonds is 8. The highest BCUT2D eigenvalue weighted by Gasteiger charge is 2.09. The highest BCUT2D eigenvalue weighted by atomic mass is 16.6. The molecule has 0 bridgehead atoms. The first-order valence-corrected chi connectivity index (χ1v) is 7.29. The van der Waals surface area contributed by atoms with Crippen LogP contribution in [0.3, 0.4) is 0 Å². The second-order valence-electron chi connectivity index (χ2n) is 4.63. The van der Waals surface area contributed by atoms with Crippen molar-refractivity contribution >= 4 is 5.97 Å². The lowest BCUT2D eigenvalue weighted by molar-refractivity contribution is -0.145. The Kier molecular flexibility index (Phi) is 6.24. The number of carbonyl (C=O) groups excluding carboxylic acids is 1. The molecule has 7 nitrogen and oxygen atoms in total. The summed E-state index contributed by atoms with van der Waals surface area (Å²) in [6, 6.07) is 8.27. The number of esters is 1. The zero-order chi connectivity index (χ0) is 17.4. The van der Waals surface area contributed by atoms with E-state index in [1.165, 1.54) is 6.07 Å². The van der Waals surface area contributed by atoms with E-state index < -0.39 is 11.4 Å². The molecule has 0 spiro atoms. The van der Waals surface area contributed by atoms with Crippen molar-refractivity contribution in [1.82, 2.24) is 0 Å². The van der Waals surface area contributed by atoms with Crippen LogP contribution in [0.1, 0.15) is 12.7 Å². The monoisotopic (exact) mass is 334 g/mol. The third kappa shape index (κ3) is 5.05. The zero-order valence-electron chi connectivity index (χ0n) is 13.4. The van der Waals surface area contributed by atoms with Crippen LogP contribution in [-0.2, 0) is 16.1 Å². The first-order valence-electron chi connectivity index (χ1n) is 7.29. The second-order valence-corrected chi connectivity index (χ2v) is 4.63. The van der Waals surface area contributed by atoms with Gasteiger partial charge < -0.3 is 23.4 Å². The zero-order valence-corrected chi connectivity index (χ0v) is 13.4. The van der Waals surface area contributed by atoms with Gasteiger partial charge in [-0.1, -0.05) is 0 Å². The molecular formula is C17H18O7. The van der Waals surface area contributed by atoms with Crippen LogP contribution in [0, 0.1) is 0 Å². The van der Waals surface area contributed by atoms with E-state index in [-0.39, 0.29) is 25.6 Å². The molecule has 0 atom stereocenters. The first kappa shape index (κ1) is 17.4. The molecule has 0 aliphatic rings. The van der Waals surface area contributed by atoms with Crippen molar-refractivity contribution in [3.63, 3.8) is 0 Å². The van der Waals surface area contributed by atoms with E-state index in [1.807, 2.05) is 0 Å². The van der Waals surface area contributed by atoms with Gasteiger partial charge in [-0.25, -0.2) is 4.79 Å². The van der Waals surface area contributed by atoms with Crippen molar-refractivity contribution in [2.45, 2.75) is 13.5 Å². The van der Waals surface area contributed by atoms with Crippen LogP contribution >= 0.6 is 0 Å². The second kappa shape index (κ2) is 8.61. The summed E-state index contributed by atoms with van der Waals surface area (Å²) < 4.78 is 25.6. The van der Waals surface area contributed by atoms with Crippen LogP contribution < -0.4 is 19.6 Å². The Labute approximate surface area is 138 Å². The summed E-state index contributed by atoms with van der Waals surface area (Å²) >= 11 is 0. The summed E-state index contributed by atoms with van der Waals surface area (Å²) in [7, 11) is 1.58. The number of ether oxygens (including phenoxy) is 4. The fraction of sp³-hybridized carbons (Fsp3) is 0.294. The Morgan fingerprint density at radius 3 is 2.46 bits per heavy atom. The molecule has 0 radical (unpaired) electrons. The van der Waals surface area contributed by atoms with E-state index in [2.05, 4.69) is 0 Å². The highest BCUT2D eigenvalue weighted by molar-refractivity contribution is 5.71. The predicted octanol–water partition coefficient (Wildman–Crippen LogP) is 2.17. The molecule has 7 heteroatoms. The van der Waals surface area contributed by atoms with Gasteiger partial charge in [0.1, 0.15) is 30.1 Å². The summed E-state index contributed by atoms with van der Waals surface area (Å²) in [5.41, 5.74) is -0.404. The SMILES string of the molecule is CCOC(=O)COc1coc(COc2ccc(OC)cc2)cc1=O. The molecule has 2 aromatic rings. The lowest BCUT2D eigenvalue weighted by atomic mass is 10.3. The van der Waals surface area contributed by atoms with Gasteiger partial charge >= 0.3 is 5.97 Å².